The lowest BCUT2D eigenvalue weighted by atomic mass is 9.93. The molecule has 1 aromatic rings. The molecule has 106 valence electrons. The van der Waals surface area contributed by atoms with Gasteiger partial charge >= 0.3 is 5.97 Å². The van der Waals surface area contributed by atoms with Crippen LogP contribution in [0.5, 0.6) is 5.75 Å². The lowest BCUT2D eigenvalue weighted by Crippen LogP contribution is -2.13. The van der Waals surface area contributed by atoms with Gasteiger partial charge in [-0.15, -0.1) is 0 Å². The van der Waals surface area contributed by atoms with Crippen molar-refractivity contribution < 1.29 is 14.3 Å². The van der Waals surface area contributed by atoms with Crippen LogP contribution >= 0.6 is 0 Å². The van der Waals surface area contributed by atoms with Crippen molar-refractivity contribution in [1.82, 2.24) is 0 Å². The molecule has 0 spiro atoms. The zero-order valence-electron chi connectivity index (χ0n) is 12.2. The van der Waals surface area contributed by atoms with Gasteiger partial charge in [-0.1, -0.05) is 20.8 Å². The Balaban J connectivity index is 2.66. The van der Waals surface area contributed by atoms with Gasteiger partial charge in [-0.05, 0) is 30.9 Å². The Labute approximate surface area is 114 Å². The lowest BCUT2D eigenvalue weighted by Gasteiger charge is -2.17. The lowest BCUT2D eigenvalue weighted by molar-refractivity contribution is 0.0464. The maximum Gasteiger partial charge on any atom is 0.338 e. The topological polar surface area (TPSA) is 61.5 Å². The predicted molar refractivity (Wildman–Crippen MR) is 76.4 cm³/mol. The SMILES string of the molecule is CCOc1cc(N)cc(C(=O)OCCC(C)(C)C)c1. The van der Waals surface area contributed by atoms with Crippen LogP contribution in [-0.2, 0) is 4.74 Å². The van der Waals surface area contributed by atoms with Crippen molar-refractivity contribution in [3.63, 3.8) is 0 Å². The Morgan fingerprint density at radius 2 is 1.95 bits per heavy atom. The van der Waals surface area contributed by atoms with E-state index >= 15 is 0 Å². The molecule has 0 saturated heterocycles. The molecule has 4 heteroatoms. The zero-order valence-corrected chi connectivity index (χ0v) is 12.2. The third-order valence-corrected chi connectivity index (χ3v) is 2.56. The number of rotatable bonds is 5. The number of esters is 1. The smallest absolute Gasteiger partial charge is 0.338 e. The van der Waals surface area contributed by atoms with Gasteiger partial charge in [-0.3, -0.25) is 0 Å². The second-order valence-corrected chi connectivity index (χ2v) is 5.67. The van der Waals surface area contributed by atoms with Gasteiger partial charge in [0.25, 0.3) is 0 Å². The summed E-state index contributed by atoms with van der Waals surface area (Å²) in [5.41, 5.74) is 6.81. The van der Waals surface area contributed by atoms with E-state index in [0.29, 0.717) is 30.2 Å². The molecule has 4 nitrogen and oxygen atoms in total. The summed E-state index contributed by atoms with van der Waals surface area (Å²) in [6.45, 7) is 9.13. The summed E-state index contributed by atoms with van der Waals surface area (Å²) < 4.78 is 10.6. The average Bonchev–Trinajstić information content (AvgIpc) is 2.26. The van der Waals surface area contributed by atoms with Crippen molar-refractivity contribution in [1.29, 1.82) is 0 Å². The van der Waals surface area contributed by atoms with Crippen LogP contribution in [0.3, 0.4) is 0 Å². The van der Waals surface area contributed by atoms with Crippen molar-refractivity contribution >= 4 is 11.7 Å². The summed E-state index contributed by atoms with van der Waals surface area (Å²) in [5.74, 6) is 0.225. The molecule has 1 aromatic carbocycles. The van der Waals surface area contributed by atoms with Crippen LogP contribution in [-0.4, -0.2) is 19.2 Å². The number of hydrogen-bond acceptors (Lipinski definition) is 4. The second kappa shape index (κ2) is 6.45. The van der Waals surface area contributed by atoms with E-state index in [9.17, 15) is 4.79 Å². The summed E-state index contributed by atoms with van der Waals surface area (Å²) in [6, 6.07) is 4.94. The van der Waals surface area contributed by atoms with Crippen LogP contribution in [0, 0.1) is 5.41 Å². The molecule has 0 bridgehead atoms. The number of ether oxygens (including phenoxy) is 2. The van der Waals surface area contributed by atoms with Gasteiger partial charge < -0.3 is 15.2 Å². The monoisotopic (exact) mass is 265 g/mol. The van der Waals surface area contributed by atoms with Gasteiger partial charge in [0.05, 0.1) is 18.8 Å². The number of anilines is 1. The number of carbonyl (C=O) groups excluding carboxylic acids is 1. The fourth-order valence-corrected chi connectivity index (χ4v) is 1.52. The van der Waals surface area contributed by atoms with Crippen molar-refractivity contribution in [2.45, 2.75) is 34.1 Å². The maximum absolute atomic E-state index is 11.9. The molecular weight excluding hydrogens is 242 g/mol. The number of benzene rings is 1. The van der Waals surface area contributed by atoms with Crippen molar-refractivity contribution in [3.05, 3.63) is 23.8 Å². The molecule has 0 aliphatic heterocycles. The van der Waals surface area contributed by atoms with Gasteiger partial charge in [-0.2, -0.15) is 0 Å². The van der Waals surface area contributed by atoms with Gasteiger partial charge in [0.15, 0.2) is 0 Å². The molecule has 0 heterocycles. The quantitative estimate of drug-likeness (QED) is 0.655. The average molecular weight is 265 g/mol. The highest BCUT2D eigenvalue weighted by molar-refractivity contribution is 5.91. The third kappa shape index (κ3) is 5.64. The van der Waals surface area contributed by atoms with Crippen LogP contribution in [0.1, 0.15) is 44.5 Å². The first kappa shape index (κ1) is 15.3. The van der Waals surface area contributed by atoms with E-state index < -0.39 is 0 Å². The molecule has 1 rings (SSSR count). The highest BCUT2D eigenvalue weighted by Gasteiger charge is 2.14. The number of nitrogen functional groups attached to an aromatic ring is 1. The van der Waals surface area contributed by atoms with E-state index in [4.69, 9.17) is 15.2 Å². The molecule has 0 unspecified atom stereocenters. The third-order valence-electron chi connectivity index (χ3n) is 2.56. The molecule has 0 radical (unpaired) electrons. The zero-order chi connectivity index (χ0) is 14.5. The summed E-state index contributed by atoms with van der Waals surface area (Å²) in [5, 5.41) is 0. The summed E-state index contributed by atoms with van der Waals surface area (Å²) >= 11 is 0. The van der Waals surface area contributed by atoms with Gasteiger partial charge in [-0.25, -0.2) is 4.79 Å². The predicted octanol–water partition coefficient (Wildman–Crippen LogP) is 3.26. The molecule has 0 aliphatic carbocycles. The van der Waals surface area contributed by atoms with E-state index in [1.54, 1.807) is 18.2 Å². The molecular formula is C15H23NO3. The minimum atomic E-state index is -0.363. The van der Waals surface area contributed by atoms with Gasteiger partial charge in [0, 0.05) is 11.8 Å². The fourth-order valence-electron chi connectivity index (χ4n) is 1.52. The highest BCUT2D eigenvalue weighted by Crippen LogP contribution is 2.21. The highest BCUT2D eigenvalue weighted by atomic mass is 16.5. The Hall–Kier alpha value is -1.71. The number of nitrogens with two attached hydrogens (primary N) is 1. The normalized spacial score (nSPS) is 11.2. The maximum atomic E-state index is 11.9. The fraction of sp³-hybridized carbons (Fsp3) is 0.533. The molecule has 0 aromatic heterocycles. The van der Waals surface area contributed by atoms with Gasteiger partial charge in [0.1, 0.15) is 5.75 Å². The van der Waals surface area contributed by atoms with E-state index in [-0.39, 0.29) is 11.4 Å². The van der Waals surface area contributed by atoms with E-state index in [2.05, 4.69) is 20.8 Å². The molecule has 0 amide bonds. The summed E-state index contributed by atoms with van der Waals surface area (Å²) in [7, 11) is 0. The Kier molecular flexibility index (Phi) is 5.21. The van der Waals surface area contributed by atoms with Crippen LogP contribution in [0.2, 0.25) is 0 Å². The van der Waals surface area contributed by atoms with Crippen LogP contribution in [0.15, 0.2) is 18.2 Å². The van der Waals surface area contributed by atoms with Crippen molar-refractivity contribution in [2.24, 2.45) is 5.41 Å². The number of carbonyl (C=O) groups is 1. The minimum absolute atomic E-state index is 0.145. The summed E-state index contributed by atoms with van der Waals surface area (Å²) in [4.78, 5) is 11.9. The Bertz CT molecular complexity index is 436. The molecule has 0 fully saturated rings. The van der Waals surface area contributed by atoms with Crippen molar-refractivity contribution in [2.75, 3.05) is 18.9 Å². The standard InChI is InChI=1S/C15H23NO3/c1-5-18-13-9-11(8-12(16)10-13)14(17)19-7-6-15(2,3)4/h8-10H,5-7,16H2,1-4H3. The first-order valence-electron chi connectivity index (χ1n) is 6.52. The van der Waals surface area contributed by atoms with E-state index in [0.717, 1.165) is 6.42 Å². The van der Waals surface area contributed by atoms with E-state index in [1.807, 2.05) is 6.92 Å². The Morgan fingerprint density at radius 1 is 1.26 bits per heavy atom. The first-order chi connectivity index (χ1) is 8.81. The van der Waals surface area contributed by atoms with Crippen LogP contribution in [0.25, 0.3) is 0 Å². The summed E-state index contributed by atoms with van der Waals surface area (Å²) in [6.07, 6.45) is 0.819. The van der Waals surface area contributed by atoms with Gasteiger partial charge in [0.2, 0.25) is 0 Å². The molecule has 2 N–H and O–H groups in total. The molecule has 19 heavy (non-hydrogen) atoms. The van der Waals surface area contributed by atoms with E-state index in [1.165, 1.54) is 0 Å². The first-order valence-corrected chi connectivity index (χ1v) is 6.52. The molecule has 0 aliphatic rings. The molecule has 0 atom stereocenters. The largest absolute Gasteiger partial charge is 0.494 e. The Morgan fingerprint density at radius 3 is 2.53 bits per heavy atom. The minimum Gasteiger partial charge on any atom is -0.494 e. The number of hydrogen-bond donors (Lipinski definition) is 1. The second-order valence-electron chi connectivity index (χ2n) is 5.67. The molecule has 0 saturated carbocycles. The van der Waals surface area contributed by atoms with Crippen LogP contribution < -0.4 is 10.5 Å². The van der Waals surface area contributed by atoms with Crippen LogP contribution in [0.4, 0.5) is 5.69 Å². The van der Waals surface area contributed by atoms with Crippen molar-refractivity contribution in [3.8, 4) is 5.75 Å².